The Morgan fingerprint density at radius 3 is 3.00 bits per heavy atom. The van der Waals surface area contributed by atoms with Gasteiger partial charge in [0.2, 0.25) is 0 Å². The van der Waals surface area contributed by atoms with Crippen molar-refractivity contribution in [3.63, 3.8) is 0 Å². The van der Waals surface area contributed by atoms with Gasteiger partial charge in [-0.25, -0.2) is 4.39 Å². The minimum absolute atomic E-state index is 0.189. The van der Waals surface area contributed by atoms with Crippen LogP contribution in [0.2, 0.25) is 0 Å². The Balaban J connectivity index is 2.46. The molecule has 0 fully saturated rings. The Kier molecular flexibility index (Phi) is 2.42. The molecule has 2 atom stereocenters. The summed E-state index contributed by atoms with van der Waals surface area (Å²) in [5.41, 5.74) is 0.922. The fourth-order valence-electron chi connectivity index (χ4n) is 1.98. The second kappa shape index (κ2) is 3.58. The van der Waals surface area contributed by atoms with Crippen LogP contribution in [0.5, 0.6) is 5.75 Å². The molecule has 2 nitrogen and oxygen atoms in total. The monoisotopic (exact) mass is 195 g/mol. The van der Waals surface area contributed by atoms with Crippen LogP contribution in [0.15, 0.2) is 18.2 Å². The third kappa shape index (κ3) is 1.38. The quantitative estimate of drug-likeness (QED) is 0.741. The van der Waals surface area contributed by atoms with Gasteiger partial charge in [-0.3, -0.25) is 0 Å². The minimum atomic E-state index is -0.269. The van der Waals surface area contributed by atoms with Crippen LogP contribution in [0.3, 0.4) is 0 Å². The van der Waals surface area contributed by atoms with Crippen molar-refractivity contribution in [2.24, 2.45) is 5.92 Å². The smallest absolute Gasteiger partial charge is 0.165 e. The lowest BCUT2D eigenvalue weighted by Gasteiger charge is -2.31. The molecule has 1 aromatic carbocycles. The Hall–Kier alpha value is -1.09. The Labute approximate surface area is 83.1 Å². The van der Waals surface area contributed by atoms with Crippen LogP contribution in [-0.4, -0.2) is 13.7 Å². The van der Waals surface area contributed by atoms with E-state index in [1.54, 1.807) is 6.07 Å². The standard InChI is InChI=1S/C11H14FNO/c1-7-6-14-11-8(10(7)13-2)4-3-5-9(11)12/h3-5,7,10,13H,6H2,1-2H3. The van der Waals surface area contributed by atoms with Crippen LogP contribution in [0.1, 0.15) is 18.5 Å². The number of halogens is 1. The number of hydrogen-bond acceptors (Lipinski definition) is 2. The summed E-state index contributed by atoms with van der Waals surface area (Å²) in [6, 6.07) is 5.26. The van der Waals surface area contributed by atoms with E-state index in [4.69, 9.17) is 4.74 Å². The molecule has 0 amide bonds. The Morgan fingerprint density at radius 2 is 2.29 bits per heavy atom. The SMILES string of the molecule is CNC1c2cccc(F)c2OCC1C. The molecule has 0 spiro atoms. The second-order valence-corrected chi connectivity index (χ2v) is 3.71. The van der Waals surface area contributed by atoms with Crippen LogP contribution >= 0.6 is 0 Å². The number of nitrogens with one attached hydrogen (secondary N) is 1. The van der Waals surface area contributed by atoms with Gasteiger partial charge in [0.25, 0.3) is 0 Å². The van der Waals surface area contributed by atoms with E-state index in [-0.39, 0.29) is 11.9 Å². The number of rotatable bonds is 1. The van der Waals surface area contributed by atoms with E-state index in [2.05, 4.69) is 12.2 Å². The fraction of sp³-hybridized carbons (Fsp3) is 0.455. The zero-order valence-electron chi connectivity index (χ0n) is 8.38. The second-order valence-electron chi connectivity index (χ2n) is 3.71. The van der Waals surface area contributed by atoms with Crippen molar-refractivity contribution >= 4 is 0 Å². The van der Waals surface area contributed by atoms with Crippen molar-refractivity contribution in [1.82, 2.24) is 5.32 Å². The molecular weight excluding hydrogens is 181 g/mol. The first-order valence-corrected chi connectivity index (χ1v) is 4.82. The summed E-state index contributed by atoms with van der Waals surface area (Å²) < 4.78 is 18.7. The number of hydrogen-bond donors (Lipinski definition) is 1. The normalized spacial score (nSPS) is 25.4. The van der Waals surface area contributed by atoms with Crippen molar-refractivity contribution in [1.29, 1.82) is 0 Å². The molecule has 2 rings (SSSR count). The third-order valence-electron chi connectivity index (χ3n) is 2.70. The van der Waals surface area contributed by atoms with Gasteiger partial charge in [0, 0.05) is 17.5 Å². The van der Waals surface area contributed by atoms with E-state index in [0.717, 1.165) is 5.56 Å². The zero-order valence-corrected chi connectivity index (χ0v) is 8.38. The number of ether oxygens (including phenoxy) is 1. The van der Waals surface area contributed by atoms with E-state index < -0.39 is 0 Å². The molecule has 1 aliphatic heterocycles. The van der Waals surface area contributed by atoms with E-state index in [1.807, 2.05) is 13.1 Å². The molecule has 76 valence electrons. The zero-order chi connectivity index (χ0) is 10.1. The molecule has 0 saturated carbocycles. The highest BCUT2D eigenvalue weighted by Gasteiger charge is 2.28. The van der Waals surface area contributed by atoms with Crippen LogP contribution in [-0.2, 0) is 0 Å². The molecule has 0 aliphatic carbocycles. The summed E-state index contributed by atoms with van der Waals surface area (Å²) in [4.78, 5) is 0. The topological polar surface area (TPSA) is 21.3 Å². The van der Waals surface area contributed by atoms with Crippen molar-refractivity contribution < 1.29 is 9.13 Å². The molecule has 3 heteroatoms. The maximum atomic E-state index is 13.4. The predicted octanol–water partition coefficient (Wildman–Crippen LogP) is 2.11. The molecule has 1 aromatic rings. The maximum absolute atomic E-state index is 13.4. The van der Waals surface area contributed by atoms with Gasteiger partial charge in [0.1, 0.15) is 0 Å². The van der Waals surface area contributed by atoms with Crippen LogP contribution in [0.25, 0.3) is 0 Å². The summed E-state index contributed by atoms with van der Waals surface area (Å²) >= 11 is 0. The first-order valence-electron chi connectivity index (χ1n) is 4.82. The maximum Gasteiger partial charge on any atom is 0.165 e. The predicted molar refractivity (Wildman–Crippen MR) is 52.9 cm³/mol. The molecule has 0 radical (unpaired) electrons. The van der Waals surface area contributed by atoms with Gasteiger partial charge < -0.3 is 10.1 Å². The fourth-order valence-corrected chi connectivity index (χ4v) is 1.98. The molecule has 1 aliphatic rings. The number of fused-ring (bicyclic) bond motifs is 1. The Morgan fingerprint density at radius 1 is 1.50 bits per heavy atom. The summed E-state index contributed by atoms with van der Waals surface area (Å²) in [6.07, 6.45) is 0. The lowest BCUT2D eigenvalue weighted by Crippen LogP contribution is -2.32. The number of para-hydroxylation sites is 1. The lowest BCUT2D eigenvalue weighted by molar-refractivity contribution is 0.185. The highest BCUT2D eigenvalue weighted by Crippen LogP contribution is 2.36. The van der Waals surface area contributed by atoms with Gasteiger partial charge in [-0.2, -0.15) is 0 Å². The van der Waals surface area contributed by atoms with Gasteiger partial charge in [-0.1, -0.05) is 19.1 Å². The van der Waals surface area contributed by atoms with E-state index in [9.17, 15) is 4.39 Å². The highest BCUT2D eigenvalue weighted by atomic mass is 19.1. The molecule has 0 saturated heterocycles. The molecule has 2 unspecified atom stereocenters. The van der Waals surface area contributed by atoms with Gasteiger partial charge in [0.15, 0.2) is 11.6 Å². The first-order chi connectivity index (χ1) is 6.74. The molecule has 0 aromatic heterocycles. The minimum Gasteiger partial charge on any atom is -0.490 e. The molecule has 1 heterocycles. The van der Waals surface area contributed by atoms with E-state index in [1.165, 1.54) is 6.07 Å². The molecule has 1 N–H and O–H groups in total. The highest BCUT2D eigenvalue weighted by molar-refractivity contribution is 5.39. The summed E-state index contributed by atoms with van der Waals surface area (Å²) in [7, 11) is 1.89. The van der Waals surface area contributed by atoms with E-state index in [0.29, 0.717) is 18.3 Å². The van der Waals surface area contributed by atoms with Gasteiger partial charge >= 0.3 is 0 Å². The molecule has 14 heavy (non-hydrogen) atoms. The molecular formula is C11H14FNO. The van der Waals surface area contributed by atoms with Crippen LogP contribution in [0, 0.1) is 11.7 Å². The average Bonchev–Trinajstić information content (AvgIpc) is 2.18. The average molecular weight is 195 g/mol. The van der Waals surface area contributed by atoms with Crippen LogP contribution < -0.4 is 10.1 Å². The first kappa shape index (κ1) is 9.46. The number of benzene rings is 1. The van der Waals surface area contributed by atoms with Gasteiger partial charge in [-0.15, -0.1) is 0 Å². The van der Waals surface area contributed by atoms with Crippen LogP contribution in [0.4, 0.5) is 4.39 Å². The van der Waals surface area contributed by atoms with Crippen molar-refractivity contribution in [3.05, 3.63) is 29.6 Å². The third-order valence-corrected chi connectivity index (χ3v) is 2.70. The summed E-state index contributed by atoms with van der Waals surface area (Å²) in [5, 5.41) is 3.19. The van der Waals surface area contributed by atoms with E-state index >= 15 is 0 Å². The Bertz CT molecular complexity index is 340. The summed E-state index contributed by atoms with van der Waals surface area (Å²) in [6.45, 7) is 2.66. The van der Waals surface area contributed by atoms with Gasteiger partial charge in [-0.05, 0) is 13.1 Å². The molecule has 0 bridgehead atoms. The summed E-state index contributed by atoms with van der Waals surface area (Å²) in [5.74, 6) is 0.508. The largest absolute Gasteiger partial charge is 0.490 e. The van der Waals surface area contributed by atoms with Crippen molar-refractivity contribution in [2.75, 3.05) is 13.7 Å². The van der Waals surface area contributed by atoms with Crippen molar-refractivity contribution in [2.45, 2.75) is 13.0 Å². The van der Waals surface area contributed by atoms with Crippen molar-refractivity contribution in [3.8, 4) is 5.75 Å². The van der Waals surface area contributed by atoms with Gasteiger partial charge in [0.05, 0.1) is 6.61 Å². The lowest BCUT2D eigenvalue weighted by atomic mass is 9.92.